The highest BCUT2D eigenvalue weighted by molar-refractivity contribution is 5.84. The van der Waals surface area contributed by atoms with E-state index >= 15 is 0 Å². The summed E-state index contributed by atoms with van der Waals surface area (Å²) in [6.07, 6.45) is 10.6. The van der Waals surface area contributed by atoms with Crippen LogP contribution in [0.15, 0.2) is 0 Å². The lowest BCUT2D eigenvalue weighted by Gasteiger charge is -2.62. The number of carbonyl (C=O) groups excluding carboxylic acids is 1. The highest BCUT2D eigenvalue weighted by Crippen LogP contribution is 2.66. The third-order valence-corrected chi connectivity index (χ3v) is 8.60. The minimum Gasteiger partial charge on any atom is -0.366 e. The van der Waals surface area contributed by atoms with Crippen molar-refractivity contribution in [3.05, 3.63) is 0 Å². The Morgan fingerprint density at radius 3 is 2.60 bits per heavy atom. The van der Waals surface area contributed by atoms with Crippen LogP contribution in [0.4, 0.5) is 0 Å². The first-order valence-electron chi connectivity index (χ1n) is 10.6. The van der Waals surface area contributed by atoms with Crippen molar-refractivity contribution >= 4 is 5.78 Å². The van der Waals surface area contributed by atoms with E-state index in [4.69, 9.17) is 4.74 Å². The minimum absolute atomic E-state index is 0.0350. The molecule has 0 bridgehead atoms. The third-order valence-electron chi connectivity index (χ3n) is 8.60. The van der Waals surface area contributed by atoms with Gasteiger partial charge in [0.1, 0.15) is 5.78 Å². The highest BCUT2D eigenvalue weighted by atomic mass is 16.6. The summed E-state index contributed by atoms with van der Waals surface area (Å²) >= 11 is 0. The van der Waals surface area contributed by atoms with Gasteiger partial charge in [0, 0.05) is 12.3 Å². The Kier molecular flexibility index (Phi) is 4.16. The van der Waals surface area contributed by atoms with Crippen LogP contribution in [0.2, 0.25) is 0 Å². The van der Waals surface area contributed by atoms with Crippen molar-refractivity contribution in [3.8, 4) is 0 Å². The lowest BCUT2D eigenvalue weighted by molar-refractivity contribution is -0.261. The van der Waals surface area contributed by atoms with Gasteiger partial charge in [-0.05, 0) is 81.0 Å². The van der Waals surface area contributed by atoms with Crippen LogP contribution in [0.1, 0.15) is 85.5 Å². The number of ether oxygens (including phenoxy) is 1. The molecule has 0 heterocycles. The second-order valence-corrected chi connectivity index (χ2v) is 10.6. The second kappa shape index (κ2) is 5.79. The molecule has 5 unspecified atom stereocenters. The Labute approximate surface area is 152 Å². The average Bonchev–Trinajstić information content (AvgIpc) is 2.82. The predicted molar refractivity (Wildman–Crippen MR) is 97.9 cm³/mol. The standard InChI is InChI=1S/C22H36O3/c1-20(2,24)25-17-13-14-7-5-6-10-22(14,4)15-8-11-21(3)12-9-16(23)19(21)18(15)17/h14-15,17-19,24H,5-13H2,1-4H3/t14?,15?,17?,18?,19?,21-,22+/m1/s1. The van der Waals surface area contributed by atoms with E-state index in [1.54, 1.807) is 13.8 Å². The van der Waals surface area contributed by atoms with Gasteiger partial charge in [0.25, 0.3) is 0 Å². The average molecular weight is 349 g/mol. The summed E-state index contributed by atoms with van der Waals surface area (Å²) < 4.78 is 6.25. The van der Waals surface area contributed by atoms with Gasteiger partial charge in [-0.1, -0.05) is 26.7 Å². The third kappa shape index (κ3) is 2.81. The topological polar surface area (TPSA) is 46.5 Å². The summed E-state index contributed by atoms with van der Waals surface area (Å²) in [6.45, 7) is 8.34. The van der Waals surface area contributed by atoms with Gasteiger partial charge in [-0.3, -0.25) is 4.79 Å². The van der Waals surface area contributed by atoms with E-state index in [1.807, 2.05) is 0 Å². The fraction of sp³-hybridized carbons (Fsp3) is 0.955. The van der Waals surface area contributed by atoms with Crippen LogP contribution in [0.5, 0.6) is 0 Å². The monoisotopic (exact) mass is 348 g/mol. The highest BCUT2D eigenvalue weighted by Gasteiger charge is 2.63. The lowest BCUT2D eigenvalue weighted by Crippen LogP contribution is -2.59. The molecule has 1 N–H and O–H groups in total. The van der Waals surface area contributed by atoms with E-state index in [0.29, 0.717) is 29.0 Å². The van der Waals surface area contributed by atoms with Crippen molar-refractivity contribution in [3.63, 3.8) is 0 Å². The Bertz CT molecular complexity index is 550. The Balaban J connectivity index is 1.74. The zero-order valence-corrected chi connectivity index (χ0v) is 16.5. The molecule has 3 heteroatoms. The first-order valence-corrected chi connectivity index (χ1v) is 10.6. The largest absolute Gasteiger partial charge is 0.366 e. The molecule has 7 atom stereocenters. The number of carbonyl (C=O) groups is 1. The molecule has 142 valence electrons. The van der Waals surface area contributed by atoms with Gasteiger partial charge in [-0.2, -0.15) is 0 Å². The fourth-order valence-corrected chi connectivity index (χ4v) is 7.46. The van der Waals surface area contributed by atoms with Crippen LogP contribution in [0.3, 0.4) is 0 Å². The SMILES string of the molecule is CC(C)(O)OC1CC2CCCC[C@]2(C)C2CC[C@]3(C)CCC(=O)C3C12. The number of rotatable bonds is 2. The molecule has 4 aliphatic carbocycles. The Morgan fingerprint density at radius 1 is 1.12 bits per heavy atom. The molecule has 4 saturated carbocycles. The van der Waals surface area contributed by atoms with Crippen molar-refractivity contribution < 1.29 is 14.6 Å². The van der Waals surface area contributed by atoms with Crippen LogP contribution in [-0.4, -0.2) is 22.8 Å². The summed E-state index contributed by atoms with van der Waals surface area (Å²) in [4.78, 5) is 12.9. The summed E-state index contributed by atoms with van der Waals surface area (Å²) in [5.41, 5.74) is 0.532. The van der Waals surface area contributed by atoms with Crippen molar-refractivity contribution in [2.24, 2.45) is 34.5 Å². The fourth-order valence-electron chi connectivity index (χ4n) is 7.46. The molecule has 0 aliphatic heterocycles. The molecule has 4 aliphatic rings. The quantitative estimate of drug-likeness (QED) is 0.735. The van der Waals surface area contributed by atoms with Crippen molar-refractivity contribution in [1.82, 2.24) is 0 Å². The number of fused-ring (bicyclic) bond motifs is 5. The molecule has 0 radical (unpaired) electrons. The molecule has 4 fully saturated rings. The van der Waals surface area contributed by atoms with Crippen LogP contribution in [0.25, 0.3) is 0 Å². The molecular formula is C22H36O3. The normalized spacial score (nSPS) is 50.1. The van der Waals surface area contributed by atoms with Gasteiger partial charge in [0.05, 0.1) is 6.10 Å². The van der Waals surface area contributed by atoms with Crippen LogP contribution < -0.4 is 0 Å². The van der Waals surface area contributed by atoms with Gasteiger partial charge in [0.2, 0.25) is 0 Å². The number of ketones is 1. The Hall–Kier alpha value is -0.410. The summed E-state index contributed by atoms with van der Waals surface area (Å²) in [5.74, 6) is 1.08. The molecule has 0 aromatic rings. The number of hydrogen-bond donors (Lipinski definition) is 1. The van der Waals surface area contributed by atoms with E-state index in [9.17, 15) is 9.90 Å². The summed E-state index contributed by atoms with van der Waals surface area (Å²) in [6, 6.07) is 0. The smallest absolute Gasteiger partial charge is 0.160 e. The van der Waals surface area contributed by atoms with Crippen LogP contribution in [0, 0.1) is 34.5 Å². The Morgan fingerprint density at radius 2 is 1.88 bits per heavy atom. The van der Waals surface area contributed by atoms with E-state index in [1.165, 1.54) is 38.5 Å². The lowest BCUT2D eigenvalue weighted by atomic mass is 9.44. The van der Waals surface area contributed by atoms with Crippen molar-refractivity contribution in [1.29, 1.82) is 0 Å². The van der Waals surface area contributed by atoms with E-state index in [-0.39, 0.29) is 17.4 Å². The molecule has 0 spiro atoms. The van der Waals surface area contributed by atoms with Gasteiger partial charge in [0.15, 0.2) is 5.79 Å². The van der Waals surface area contributed by atoms with Crippen LogP contribution in [-0.2, 0) is 9.53 Å². The van der Waals surface area contributed by atoms with Crippen LogP contribution >= 0.6 is 0 Å². The molecule has 4 rings (SSSR count). The maximum atomic E-state index is 12.9. The number of aliphatic hydroxyl groups is 1. The number of Topliss-reactive ketones (excluding diaryl/α,β-unsaturated/α-hetero) is 1. The van der Waals surface area contributed by atoms with E-state index in [2.05, 4.69) is 13.8 Å². The van der Waals surface area contributed by atoms with Gasteiger partial charge >= 0.3 is 0 Å². The minimum atomic E-state index is -1.12. The van der Waals surface area contributed by atoms with Crippen molar-refractivity contribution in [2.45, 2.75) is 97.4 Å². The molecule has 0 saturated heterocycles. The molecule has 3 nitrogen and oxygen atoms in total. The van der Waals surface area contributed by atoms with Gasteiger partial charge < -0.3 is 9.84 Å². The molecule has 0 aromatic carbocycles. The first kappa shape index (κ1) is 18.0. The first-order chi connectivity index (χ1) is 11.6. The van der Waals surface area contributed by atoms with Gasteiger partial charge in [-0.25, -0.2) is 0 Å². The second-order valence-electron chi connectivity index (χ2n) is 10.6. The molecule has 0 aromatic heterocycles. The maximum Gasteiger partial charge on any atom is 0.160 e. The molecular weight excluding hydrogens is 312 g/mol. The van der Waals surface area contributed by atoms with Gasteiger partial charge in [-0.15, -0.1) is 0 Å². The predicted octanol–water partition coefficient (Wildman–Crippen LogP) is 4.71. The molecule has 0 amide bonds. The zero-order chi connectivity index (χ0) is 18.0. The zero-order valence-electron chi connectivity index (χ0n) is 16.5. The summed E-state index contributed by atoms with van der Waals surface area (Å²) in [5, 5.41) is 10.4. The summed E-state index contributed by atoms with van der Waals surface area (Å²) in [7, 11) is 0. The van der Waals surface area contributed by atoms with Crippen molar-refractivity contribution in [2.75, 3.05) is 0 Å². The van der Waals surface area contributed by atoms with E-state index in [0.717, 1.165) is 19.3 Å². The van der Waals surface area contributed by atoms with E-state index < -0.39 is 5.79 Å². The number of hydrogen-bond acceptors (Lipinski definition) is 3. The molecule has 25 heavy (non-hydrogen) atoms. The maximum absolute atomic E-state index is 12.9.